The van der Waals surface area contributed by atoms with Crippen LogP contribution in [0.2, 0.25) is 0 Å². The Morgan fingerprint density at radius 1 is 1.78 bits per heavy atom. The van der Waals surface area contributed by atoms with Crippen LogP contribution in [0.4, 0.5) is 0 Å². The zero-order valence-electron chi connectivity index (χ0n) is 5.64. The van der Waals surface area contributed by atoms with Crippen LogP contribution in [0.15, 0.2) is 0 Å². The van der Waals surface area contributed by atoms with Gasteiger partial charge in [0, 0.05) is 0 Å². The fraction of sp³-hybridized carbons (Fsp3) is 0.714. The monoisotopic (exact) mass is 126 g/mol. The zero-order chi connectivity index (χ0) is 6.91. The van der Waals surface area contributed by atoms with E-state index in [1.165, 1.54) is 0 Å². The maximum absolute atomic E-state index is 8.31. The number of epoxide rings is 1. The van der Waals surface area contributed by atoms with Crippen molar-refractivity contribution in [2.24, 2.45) is 0 Å². The van der Waals surface area contributed by atoms with Gasteiger partial charge in [-0.05, 0) is 13.8 Å². The van der Waals surface area contributed by atoms with Gasteiger partial charge in [-0.15, -0.1) is 0 Å². The van der Waals surface area contributed by atoms with Crippen molar-refractivity contribution in [1.29, 1.82) is 0 Å². The van der Waals surface area contributed by atoms with E-state index >= 15 is 0 Å². The normalized spacial score (nSPS) is 39.2. The molecule has 1 rings (SSSR count). The molecule has 0 aromatic carbocycles. The van der Waals surface area contributed by atoms with Crippen molar-refractivity contribution in [2.75, 3.05) is 6.61 Å². The first-order valence-corrected chi connectivity index (χ1v) is 2.98. The molecule has 0 unspecified atom stereocenters. The summed E-state index contributed by atoms with van der Waals surface area (Å²) in [6, 6.07) is 0. The van der Waals surface area contributed by atoms with E-state index in [0.29, 0.717) is 0 Å². The van der Waals surface area contributed by atoms with Gasteiger partial charge in [0.15, 0.2) is 5.60 Å². The second kappa shape index (κ2) is 2.02. The molecule has 0 radical (unpaired) electrons. The van der Waals surface area contributed by atoms with Gasteiger partial charge in [0.1, 0.15) is 6.61 Å². The second-order valence-electron chi connectivity index (χ2n) is 2.33. The van der Waals surface area contributed by atoms with Crippen molar-refractivity contribution >= 4 is 0 Å². The van der Waals surface area contributed by atoms with Gasteiger partial charge in [-0.2, -0.15) is 0 Å². The first-order chi connectivity index (χ1) is 4.19. The van der Waals surface area contributed by atoms with Gasteiger partial charge in [-0.25, -0.2) is 0 Å². The lowest BCUT2D eigenvalue weighted by atomic mass is 10.1. The van der Waals surface area contributed by atoms with Gasteiger partial charge < -0.3 is 9.84 Å². The van der Waals surface area contributed by atoms with Crippen LogP contribution in [0.3, 0.4) is 0 Å². The number of aliphatic hydroxyl groups is 1. The van der Waals surface area contributed by atoms with Gasteiger partial charge in [0.2, 0.25) is 0 Å². The molecule has 50 valence electrons. The summed E-state index contributed by atoms with van der Waals surface area (Å²) < 4.78 is 5.12. The number of rotatable bonds is 0. The number of aliphatic hydroxyl groups excluding tert-OH is 1. The first kappa shape index (κ1) is 6.60. The minimum atomic E-state index is -0.261. The minimum Gasteiger partial charge on any atom is -0.384 e. The summed E-state index contributed by atoms with van der Waals surface area (Å²) in [5.74, 6) is 5.37. The highest BCUT2D eigenvalue weighted by atomic mass is 16.6. The summed E-state index contributed by atoms with van der Waals surface area (Å²) in [5.41, 5.74) is -0.261. The molecule has 0 amide bonds. The Morgan fingerprint density at radius 3 is 2.67 bits per heavy atom. The standard InChI is InChI=1S/C7H10O2/c1-6-7(2,9-6)4-3-5-8/h6,8H,5H2,1-2H3/t6-,7-/m0/s1. The molecule has 1 aliphatic heterocycles. The molecular weight excluding hydrogens is 116 g/mol. The van der Waals surface area contributed by atoms with Crippen LogP contribution in [0.25, 0.3) is 0 Å². The quantitative estimate of drug-likeness (QED) is 0.370. The lowest BCUT2D eigenvalue weighted by molar-refractivity contribution is 0.344. The van der Waals surface area contributed by atoms with E-state index in [1.807, 2.05) is 13.8 Å². The third-order valence-corrected chi connectivity index (χ3v) is 1.56. The van der Waals surface area contributed by atoms with Crippen LogP contribution in [0.1, 0.15) is 13.8 Å². The molecule has 1 heterocycles. The zero-order valence-corrected chi connectivity index (χ0v) is 5.64. The summed E-state index contributed by atoms with van der Waals surface area (Å²) in [6.45, 7) is 3.80. The molecule has 1 N–H and O–H groups in total. The first-order valence-electron chi connectivity index (χ1n) is 2.98. The van der Waals surface area contributed by atoms with Crippen molar-refractivity contribution < 1.29 is 9.84 Å². The molecule has 0 bridgehead atoms. The van der Waals surface area contributed by atoms with Gasteiger partial charge in [-0.3, -0.25) is 0 Å². The molecular formula is C7H10O2. The highest BCUT2D eigenvalue weighted by molar-refractivity contribution is 5.22. The number of hydrogen-bond acceptors (Lipinski definition) is 2. The Morgan fingerprint density at radius 2 is 2.33 bits per heavy atom. The fourth-order valence-corrected chi connectivity index (χ4v) is 0.679. The third-order valence-electron chi connectivity index (χ3n) is 1.56. The van der Waals surface area contributed by atoms with Crippen LogP contribution in [0, 0.1) is 11.8 Å². The average Bonchev–Trinajstić information content (AvgIpc) is 2.38. The van der Waals surface area contributed by atoms with Crippen molar-refractivity contribution in [3.8, 4) is 11.8 Å². The Hall–Kier alpha value is -0.520. The van der Waals surface area contributed by atoms with Crippen molar-refractivity contribution in [1.82, 2.24) is 0 Å². The summed E-state index contributed by atoms with van der Waals surface area (Å²) in [5, 5.41) is 8.31. The molecule has 1 fully saturated rings. The maximum atomic E-state index is 8.31. The van der Waals surface area contributed by atoms with Gasteiger partial charge in [0.25, 0.3) is 0 Å². The lowest BCUT2D eigenvalue weighted by Crippen LogP contribution is -2.03. The van der Waals surface area contributed by atoms with E-state index in [2.05, 4.69) is 11.8 Å². The summed E-state index contributed by atoms with van der Waals surface area (Å²) in [6.07, 6.45) is 0.233. The number of hydrogen-bond donors (Lipinski definition) is 1. The Balaban J connectivity index is 2.45. The smallest absolute Gasteiger partial charge is 0.152 e. The van der Waals surface area contributed by atoms with E-state index < -0.39 is 0 Å². The molecule has 0 aromatic heterocycles. The molecule has 2 nitrogen and oxygen atoms in total. The summed E-state index contributed by atoms with van der Waals surface area (Å²) in [7, 11) is 0. The molecule has 1 saturated heterocycles. The third kappa shape index (κ3) is 1.24. The Bertz CT molecular complexity index is 165. The van der Waals surface area contributed by atoms with Crippen LogP contribution in [-0.4, -0.2) is 23.4 Å². The average molecular weight is 126 g/mol. The molecule has 0 aliphatic carbocycles. The highest BCUT2D eigenvalue weighted by Gasteiger charge is 2.47. The van der Waals surface area contributed by atoms with E-state index in [-0.39, 0.29) is 18.3 Å². The van der Waals surface area contributed by atoms with E-state index in [0.717, 1.165) is 0 Å². The molecule has 1 aliphatic rings. The SMILES string of the molecule is C[C@@H]1O[C@@]1(C)C#CCO. The van der Waals surface area contributed by atoms with E-state index in [1.54, 1.807) is 0 Å². The minimum absolute atomic E-state index is 0.0777. The van der Waals surface area contributed by atoms with Crippen LogP contribution in [-0.2, 0) is 4.74 Å². The topological polar surface area (TPSA) is 32.8 Å². The predicted molar refractivity (Wildman–Crippen MR) is 33.8 cm³/mol. The Labute approximate surface area is 54.8 Å². The molecule has 0 spiro atoms. The van der Waals surface area contributed by atoms with Crippen molar-refractivity contribution in [3.05, 3.63) is 0 Å². The number of ether oxygens (including phenoxy) is 1. The molecule has 9 heavy (non-hydrogen) atoms. The van der Waals surface area contributed by atoms with Crippen molar-refractivity contribution in [2.45, 2.75) is 25.6 Å². The molecule has 2 atom stereocenters. The van der Waals surface area contributed by atoms with Gasteiger partial charge in [-0.1, -0.05) is 11.8 Å². The molecule has 0 saturated carbocycles. The van der Waals surface area contributed by atoms with E-state index in [9.17, 15) is 0 Å². The largest absolute Gasteiger partial charge is 0.384 e. The van der Waals surface area contributed by atoms with Gasteiger partial charge in [0.05, 0.1) is 6.10 Å². The van der Waals surface area contributed by atoms with Crippen LogP contribution >= 0.6 is 0 Å². The second-order valence-corrected chi connectivity index (χ2v) is 2.33. The lowest BCUT2D eigenvalue weighted by Gasteiger charge is -1.87. The summed E-state index contributed by atoms with van der Waals surface area (Å²) >= 11 is 0. The molecule has 2 heteroatoms. The van der Waals surface area contributed by atoms with E-state index in [4.69, 9.17) is 9.84 Å². The van der Waals surface area contributed by atoms with Crippen LogP contribution < -0.4 is 0 Å². The highest BCUT2D eigenvalue weighted by Crippen LogP contribution is 2.34. The maximum Gasteiger partial charge on any atom is 0.152 e. The van der Waals surface area contributed by atoms with Crippen molar-refractivity contribution in [3.63, 3.8) is 0 Å². The molecule has 0 aromatic rings. The predicted octanol–water partition coefficient (Wildman–Crippen LogP) is 0.160. The van der Waals surface area contributed by atoms with Gasteiger partial charge >= 0.3 is 0 Å². The van der Waals surface area contributed by atoms with Crippen LogP contribution in [0.5, 0.6) is 0 Å². The fourth-order valence-electron chi connectivity index (χ4n) is 0.679. The summed E-state index contributed by atoms with van der Waals surface area (Å²) in [4.78, 5) is 0. The Kier molecular flexibility index (Phi) is 1.48.